The molecule has 0 N–H and O–H groups in total. The van der Waals surface area contributed by atoms with Crippen LogP contribution in [0.3, 0.4) is 0 Å². The van der Waals surface area contributed by atoms with Gasteiger partial charge in [-0.1, -0.05) is 30.3 Å². The second kappa shape index (κ2) is 5.71. The van der Waals surface area contributed by atoms with Gasteiger partial charge in [0.15, 0.2) is 5.82 Å². The highest BCUT2D eigenvalue weighted by Gasteiger charge is 2.08. The molecule has 0 saturated carbocycles. The second-order valence-electron chi connectivity index (χ2n) is 4.03. The molecule has 5 heteroatoms. The summed E-state index contributed by atoms with van der Waals surface area (Å²) in [6.07, 6.45) is 0. The van der Waals surface area contributed by atoms with Gasteiger partial charge in [-0.15, -0.1) is 0 Å². The summed E-state index contributed by atoms with van der Waals surface area (Å²) in [5.74, 6) is 2.18. The van der Waals surface area contributed by atoms with Crippen molar-refractivity contribution in [1.29, 1.82) is 0 Å². The van der Waals surface area contributed by atoms with Crippen LogP contribution in [-0.4, -0.2) is 16.5 Å². The average Bonchev–Trinajstić information content (AvgIpc) is 2.97. The van der Waals surface area contributed by atoms with Gasteiger partial charge in [0.05, 0.1) is 7.11 Å². The summed E-state index contributed by atoms with van der Waals surface area (Å²) in [6, 6.07) is 17.2. The molecule has 0 aliphatic carbocycles. The largest absolute Gasteiger partial charge is 0.497 e. The molecule has 3 rings (SSSR count). The van der Waals surface area contributed by atoms with Crippen molar-refractivity contribution in [1.82, 2.24) is 9.36 Å². The molecule has 0 spiro atoms. The van der Waals surface area contributed by atoms with Crippen molar-refractivity contribution in [3.8, 4) is 28.1 Å². The van der Waals surface area contributed by atoms with Crippen LogP contribution in [0.25, 0.3) is 11.4 Å². The maximum atomic E-state index is 5.67. The molecule has 4 nitrogen and oxygen atoms in total. The zero-order valence-corrected chi connectivity index (χ0v) is 11.6. The molecule has 2 aromatic carbocycles. The van der Waals surface area contributed by atoms with E-state index >= 15 is 0 Å². The Morgan fingerprint density at radius 3 is 2.30 bits per heavy atom. The van der Waals surface area contributed by atoms with Crippen LogP contribution in [0, 0.1) is 0 Å². The highest BCUT2D eigenvalue weighted by molar-refractivity contribution is 7.07. The Morgan fingerprint density at radius 2 is 1.60 bits per heavy atom. The van der Waals surface area contributed by atoms with Crippen molar-refractivity contribution < 1.29 is 9.47 Å². The van der Waals surface area contributed by atoms with Gasteiger partial charge in [0.25, 0.3) is 5.19 Å². The Morgan fingerprint density at radius 1 is 0.900 bits per heavy atom. The Hall–Kier alpha value is -2.40. The first kappa shape index (κ1) is 12.6. The highest BCUT2D eigenvalue weighted by atomic mass is 32.1. The summed E-state index contributed by atoms with van der Waals surface area (Å²) in [4.78, 5) is 4.37. The molecule has 0 aliphatic rings. The Bertz CT molecular complexity index is 681. The number of benzene rings is 2. The molecule has 0 saturated heterocycles. The molecule has 0 unspecified atom stereocenters. The third kappa shape index (κ3) is 2.78. The standard InChI is InChI=1S/C15H12N2O2S/c1-18-12-7-9-13(10-8-12)19-15-16-14(17-20-15)11-5-3-2-4-6-11/h2-10H,1H3. The molecule has 0 amide bonds. The molecule has 0 atom stereocenters. The summed E-state index contributed by atoms with van der Waals surface area (Å²) in [5, 5.41) is 0.522. The summed E-state index contributed by atoms with van der Waals surface area (Å²) < 4.78 is 15.1. The second-order valence-corrected chi connectivity index (χ2v) is 4.74. The lowest BCUT2D eigenvalue weighted by Crippen LogP contribution is -1.85. The number of hydrogen-bond acceptors (Lipinski definition) is 5. The number of rotatable bonds is 4. The topological polar surface area (TPSA) is 44.2 Å². The lowest BCUT2D eigenvalue weighted by molar-refractivity contribution is 0.412. The fourth-order valence-corrected chi connectivity index (χ4v) is 2.27. The zero-order chi connectivity index (χ0) is 13.8. The van der Waals surface area contributed by atoms with E-state index in [0.29, 0.717) is 16.8 Å². The minimum Gasteiger partial charge on any atom is -0.497 e. The van der Waals surface area contributed by atoms with Crippen molar-refractivity contribution in [3.63, 3.8) is 0 Å². The van der Waals surface area contributed by atoms with Gasteiger partial charge in [-0.2, -0.15) is 9.36 Å². The van der Waals surface area contributed by atoms with Gasteiger partial charge in [0, 0.05) is 17.1 Å². The first-order valence-electron chi connectivity index (χ1n) is 6.06. The van der Waals surface area contributed by atoms with E-state index in [1.54, 1.807) is 7.11 Å². The molecular formula is C15H12N2O2S. The Kier molecular flexibility index (Phi) is 3.60. The van der Waals surface area contributed by atoms with E-state index in [-0.39, 0.29) is 0 Å². The minimum absolute atomic E-state index is 0.522. The van der Waals surface area contributed by atoms with Gasteiger partial charge >= 0.3 is 0 Å². The predicted octanol–water partition coefficient (Wildman–Crippen LogP) is 4.01. The zero-order valence-electron chi connectivity index (χ0n) is 10.8. The monoisotopic (exact) mass is 284 g/mol. The molecule has 3 aromatic rings. The fourth-order valence-electron chi connectivity index (χ4n) is 1.70. The van der Waals surface area contributed by atoms with E-state index in [1.807, 2.05) is 54.6 Å². The van der Waals surface area contributed by atoms with Crippen molar-refractivity contribution in [3.05, 3.63) is 54.6 Å². The van der Waals surface area contributed by atoms with Crippen LogP contribution < -0.4 is 9.47 Å². The molecule has 1 heterocycles. The number of ether oxygens (including phenoxy) is 2. The molecule has 0 aliphatic heterocycles. The first-order chi connectivity index (χ1) is 9.85. The van der Waals surface area contributed by atoms with Crippen molar-refractivity contribution in [2.75, 3.05) is 7.11 Å². The maximum Gasteiger partial charge on any atom is 0.299 e. The van der Waals surface area contributed by atoms with E-state index in [9.17, 15) is 0 Å². The van der Waals surface area contributed by atoms with Gasteiger partial charge in [0.2, 0.25) is 0 Å². The third-order valence-electron chi connectivity index (χ3n) is 2.70. The third-order valence-corrected chi connectivity index (χ3v) is 3.30. The quantitative estimate of drug-likeness (QED) is 0.726. The van der Waals surface area contributed by atoms with Crippen LogP contribution in [0.1, 0.15) is 0 Å². The SMILES string of the molecule is COc1ccc(Oc2nc(-c3ccccc3)ns2)cc1. The molecule has 1 aromatic heterocycles. The Balaban J connectivity index is 1.77. The van der Waals surface area contributed by atoms with E-state index in [4.69, 9.17) is 9.47 Å². The summed E-state index contributed by atoms with van der Waals surface area (Å²) in [7, 11) is 1.63. The summed E-state index contributed by atoms with van der Waals surface area (Å²) >= 11 is 1.23. The van der Waals surface area contributed by atoms with E-state index in [0.717, 1.165) is 11.3 Å². The van der Waals surface area contributed by atoms with Crippen LogP contribution in [0.2, 0.25) is 0 Å². The van der Waals surface area contributed by atoms with E-state index in [2.05, 4.69) is 9.36 Å². The van der Waals surface area contributed by atoms with Crippen molar-refractivity contribution in [2.45, 2.75) is 0 Å². The van der Waals surface area contributed by atoms with Crippen molar-refractivity contribution >= 4 is 11.5 Å². The number of methoxy groups -OCH3 is 1. The summed E-state index contributed by atoms with van der Waals surface area (Å²) in [6.45, 7) is 0. The molecule has 0 fully saturated rings. The number of aromatic nitrogens is 2. The van der Waals surface area contributed by atoms with Crippen molar-refractivity contribution in [2.24, 2.45) is 0 Å². The van der Waals surface area contributed by atoms with Gasteiger partial charge < -0.3 is 9.47 Å². The lowest BCUT2D eigenvalue weighted by atomic mass is 10.2. The van der Waals surface area contributed by atoms with Crippen LogP contribution in [0.5, 0.6) is 16.7 Å². The lowest BCUT2D eigenvalue weighted by Gasteiger charge is -2.02. The summed E-state index contributed by atoms with van der Waals surface area (Å²) in [5.41, 5.74) is 0.980. The van der Waals surface area contributed by atoms with Crippen LogP contribution in [0.4, 0.5) is 0 Å². The fraction of sp³-hybridized carbons (Fsp3) is 0.0667. The van der Waals surface area contributed by atoms with Crippen LogP contribution >= 0.6 is 11.5 Å². The van der Waals surface area contributed by atoms with Gasteiger partial charge in [-0.05, 0) is 24.3 Å². The van der Waals surface area contributed by atoms with E-state index in [1.165, 1.54) is 11.5 Å². The van der Waals surface area contributed by atoms with Gasteiger partial charge in [-0.25, -0.2) is 0 Å². The molecule has 0 radical (unpaired) electrons. The first-order valence-corrected chi connectivity index (χ1v) is 6.83. The van der Waals surface area contributed by atoms with Crippen LogP contribution in [0.15, 0.2) is 54.6 Å². The highest BCUT2D eigenvalue weighted by Crippen LogP contribution is 2.27. The van der Waals surface area contributed by atoms with E-state index < -0.39 is 0 Å². The molecule has 100 valence electrons. The average molecular weight is 284 g/mol. The smallest absolute Gasteiger partial charge is 0.299 e. The van der Waals surface area contributed by atoms with Gasteiger partial charge in [0.1, 0.15) is 11.5 Å². The minimum atomic E-state index is 0.522. The molecule has 20 heavy (non-hydrogen) atoms. The van der Waals surface area contributed by atoms with Crippen LogP contribution in [-0.2, 0) is 0 Å². The number of nitrogens with zero attached hydrogens (tertiary/aromatic N) is 2. The molecule has 0 bridgehead atoms. The number of hydrogen-bond donors (Lipinski definition) is 0. The molecular weight excluding hydrogens is 272 g/mol. The Labute approximate surface area is 120 Å². The normalized spacial score (nSPS) is 10.2. The maximum absolute atomic E-state index is 5.67. The van der Waals surface area contributed by atoms with Gasteiger partial charge in [-0.3, -0.25) is 0 Å². The predicted molar refractivity (Wildman–Crippen MR) is 78.4 cm³/mol.